The van der Waals surface area contributed by atoms with Crippen LogP contribution in [0, 0.1) is 5.82 Å². The molecule has 4 heterocycles. The number of aromatic hydroxyl groups is 1. The maximum Gasteiger partial charge on any atom is 0.318 e. The first-order valence-electron chi connectivity index (χ1n) is 15.1. The highest BCUT2D eigenvalue weighted by Gasteiger charge is 2.49. The van der Waals surface area contributed by atoms with Gasteiger partial charge in [-0.15, -0.1) is 0 Å². The molecule has 0 saturated carbocycles. The van der Waals surface area contributed by atoms with Crippen molar-refractivity contribution in [2.75, 3.05) is 56.7 Å². The van der Waals surface area contributed by atoms with Crippen LogP contribution in [-0.2, 0) is 28.9 Å². The van der Waals surface area contributed by atoms with Gasteiger partial charge in [0.15, 0.2) is 0 Å². The molecule has 2 fully saturated rings. The second-order valence-electron chi connectivity index (χ2n) is 12.0. The van der Waals surface area contributed by atoms with Crippen LogP contribution in [0.4, 0.5) is 20.3 Å². The number of aryl methyl sites for hydroxylation is 1. The second-order valence-corrected chi connectivity index (χ2v) is 12.0. The van der Waals surface area contributed by atoms with Gasteiger partial charge >= 0.3 is 12.0 Å². The number of esters is 1. The molecule has 0 amide bonds. The van der Waals surface area contributed by atoms with Crippen LogP contribution >= 0.6 is 0 Å². The van der Waals surface area contributed by atoms with Crippen LogP contribution in [0.2, 0.25) is 0 Å². The molecular formula is C32H39F2N5O4. The van der Waals surface area contributed by atoms with E-state index in [4.69, 9.17) is 19.4 Å². The van der Waals surface area contributed by atoms with Crippen LogP contribution in [0.5, 0.6) is 11.8 Å². The van der Waals surface area contributed by atoms with E-state index in [1.54, 1.807) is 18.2 Å². The van der Waals surface area contributed by atoms with Gasteiger partial charge in [-0.05, 0) is 55.3 Å². The summed E-state index contributed by atoms with van der Waals surface area (Å²) in [6.45, 7) is 4.92. The van der Waals surface area contributed by atoms with Crippen molar-refractivity contribution in [3.8, 4) is 11.8 Å². The minimum Gasteiger partial charge on any atom is -0.508 e. The summed E-state index contributed by atoms with van der Waals surface area (Å²) >= 11 is 0. The minimum absolute atomic E-state index is 0.111. The average Bonchev–Trinajstić information content (AvgIpc) is 3.53. The van der Waals surface area contributed by atoms with Gasteiger partial charge in [0, 0.05) is 55.8 Å². The predicted molar refractivity (Wildman–Crippen MR) is 160 cm³/mol. The van der Waals surface area contributed by atoms with Crippen molar-refractivity contribution in [1.82, 2.24) is 14.9 Å². The summed E-state index contributed by atoms with van der Waals surface area (Å²) in [5, 5.41) is 12.1. The number of hydrogen-bond donors (Lipinski definition) is 1. The summed E-state index contributed by atoms with van der Waals surface area (Å²) in [5.41, 5.74) is 2.73. The number of phenolic OH excluding ortho intramolecular Hbond substituents is 1. The normalized spacial score (nSPS) is 21.6. The lowest BCUT2D eigenvalue weighted by atomic mass is 9.95. The summed E-state index contributed by atoms with van der Waals surface area (Å²) in [6.07, 6.45) is 2.77. The van der Waals surface area contributed by atoms with E-state index in [1.165, 1.54) is 13.2 Å². The van der Waals surface area contributed by atoms with E-state index in [0.29, 0.717) is 63.4 Å². The van der Waals surface area contributed by atoms with Crippen LogP contribution in [0.1, 0.15) is 49.4 Å². The summed E-state index contributed by atoms with van der Waals surface area (Å²) in [6, 6.07) is 6.71. The zero-order chi connectivity index (χ0) is 30.3. The number of phenols is 1. The van der Waals surface area contributed by atoms with Crippen LogP contribution in [-0.4, -0.2) is 84.6 Å². The van der Waals surface area contributed by atoms with Gasteiger partial charge in [0.05, 0.1) is 31.3 Å². The summed E-state index contributed by atoms with van der Waals surface area (Å²) in [4.78, 5) is 27.8. The number of nitrogens with zero attached hydrogens (tertiary/aromatic N) is 5. The molecule has 3 aromatic rings. The van der Waals surface area contributed by atoms with Crippen molar-refractivity contribution < 1.29 is 28.2 Å². The molecule has 2 aromatic carbocycles. The molecule has 2 atom stereocenters. The zero-order valence-corrected chi connectivity index (χ0v) is 25.0. The van der Waals surface area contributed by atoms with Gasteiger partial charge in [0.25, 0.3) is 0 Å². The molecule has 11 heteroatoms. The molecule has 0 aliphatic carbocycles. The van der Waals surface area contributed by atoms with Crippen molar-refractivity contribution in [3.05, 3.63) is 46.9 Å². The van der Waals surface area contributed by atoms with Crippen molar-refractivity contribution in [3.63, 3.8) is 0 Å². The highest BCUT2D eigenvalue weighted by atomic mass is 19.1. The number of anilines is 2. The number of carbonyl (C=O) groups excluding carboxylic acids is 1. The monoisotopic (exact) mass is 595 g/mol. The standard InChI is InChI=1S/C32H39F2N5O4/c1-4-23-25(34)7-6-20-14-22(40)15-27(29(20)23)38-13-8-24-26(18-38)35-31(36-30(24)37(2)12-9-28(41)42-3)43-19-32-10-5-11-39(32)17-21(33)16-32/h6-7,14-15,21,40H,4-5,8-13,16-19H2,1-3H3/t21-,32+/m1/s1. The number of carbonyl (C=O) groups is 1. The first-order valence-corrected chi connectivity index (χ1v) is 15.1. The Hall–Kier alpha value is -3.73. The number of fused-ring (bicyclic) bond motifs is 3. The highest BCUT2D eigenvalue weighted by Crippen LogP contribution is 2.41. The van der Waals surface area contributed by atoms with E-state index in [9.17, 15) is 18.7 Å². The Kier molecular flexibility index (Phi) is 8.02. The molecule has 230 valence electrons. The Labute approximate surface area is 250 Å². The van der Waals surface area contributed by atoms with Crippen LogP contribution in [0.15, 0.2) is 24.3 Å². The lowest BCUT2D eigenvalue weighted by Gasteiger charge is -2.34. The van der Waals surface area contributed by atoms with Crippen molar-refractivity contribution >= 4 is 28.2 Å². The molecule has 3 aliphatic heterocycles. The Morgan fingerprint density at radius 3 is 2.88 bits per heavy atom. The molecule has 43 heavy (non-hydrogen) atoms. The van der Waals surface area contributed by atoms with Gasteiger partial charge in [-0.1, -0.05) is 13.0 Å². The number of aromatic nitrogens is 2. The number of benzene rings is 2. The molecular weight excluding hydrogens is 556 g/mol. The third kappa shape index (κ3) is 5.55. The smallest absolute Gasteiger partial charge is 0.318 e. The Balaban J connectivity index is 1.35. The molecule has 0 spiro atoms. The van der Waals surface area contributed by atoms with Gasteiger partial charge < -0.3 is 24.4 Å². The van der Waals surface area contributed by atoms with Gasteiger partial charge in [0.2, 0.25) is 0 Å². The molecule has 9 nitrogen and oxygen atoms in total. The predicted octanol–water partition coefficient (Wildman–Crippen LogP) is 4.55. The van der Waals surface area contributed by atoms with Crippen molar-refractivity contribution in [1.29, 1.82) is 0 Å². The fraction of sp³-hybridized carbons (Fsp3) is 0.531. The Morgan fingerprint density at radius 1 is 1.26 bits per heavy atom. The highest BCUT2D eigenvalue weighted by molar-refractivity contribution is 5.98. The van der Waals surface area contributed by atoms with Crippen molar-refractivity contribution in [2.24, 2.45) is 0 Å². The van der Waals surface area contributed by atoms with Gasteiger partial charge in [0.1, 0.15) is 30.2 Å². The van der Waals surface area contributed by atoms with Crippen molar-refractivity contribution in [2.45, 2.75) is 63.7 Å². The second kappa shape index (κ2) is 11.7. The molecule has 0 radical (unpaired) electrons. The molecule has 3 aliphatic rings. The molecule has 1 aromatic heterocycles. The number of hydrogen-bond acceptors (Lipinski definition) is 9. The summed E-state index contributed by atoms with van der Waals surface area (Å²) < 4.78 is 40.4. The summed E-state index contributed by atoms with van der Waals surface area (Å²) in [7, 11) is 3.25. The number of rotatable bonds is 9. The minimum atomic E-state index is -0.864. The zero-order valence-electron chi connectivity index (χ0n) is 25.0. The van der Waals surface area contributed by atoms with Gasteiger partial charge in [-0.25, -0.2) is 8.78 Å². The first-order chi connectivity index (χ1) is 20.7. The van der Waals surface area contributed by atoms with E-state index in [0.717, 1.165) is 47.1 Å². The third-order valence-electron chi connectivity index (χ3n) is 9.32. The van der Waals surface area contributed by atoms with E-state index < -0.39 is 6.17 Å². The third-order valence-corrected chi connectivity index (χ3v) is 9.32. The van der Waals surface area contributed by atoms with Crippen LogP contribution < -0.4 is 14.5 Å². The molecule has 2 saturated heterocycles. The number of halogens is 2. The number of ether oxygens (including phenoxy) is 2. The molecule has 6 rings (SSSR count). The van der Waals surface area contributed by atoms with Gasteiger partial charge in [-0.2, -0.15) is 9.97 Å². The lowest BCUT2D eigenvalue weighted by molar-refractivity contribution is -0.140. The maximum absolute atomic E-state index is 14.9. The quantitative estimate of drug-likeness (QED) is 0.358. The number of methoxy groups -OCH3 is 1. The maximum atomic E-state index is 14.9. The van der Waals surface area contributed by atoms with E-state index in [-0.39, 0.29) is 35.5 Å². The first kappa shape index (κ1) is 29.3. The van der Waals surface area contributed by atoms with E-state index in [2.05, 4.69) is 9.80 Å². The molecule has 1 N–H and O–H groups in total. The van der Waals surface area contributed by atoms with Crippen LogP contribution in [0.3, 0.4) is 0 Å². The Morgan fingerprint density at radius 2 is 2.09 bits per heavy atom. The fourth-order valence-corrected chi connectivity index (χ4v) is 7.16. The summed E-state index contributed by atoms with van der Waals surface area (Å²) in [5.74, 6) is 0.212. The van der Waals surface area contributed by atoms with Crippen LogP contribution in [0.25, 0.3) is 10.8 Å². The Bertz CT molecular complexity index is 1540. The largest absolute Gasteiger partial charge is 0.508 e. The van der Waals surface area contributed by atoms with E-state index >= 15 is 0 Å². The topological polar surface area (TPSA) is 91.3 Å². The number of alkyl halides is 1. The van der Waals surface area contributed by atoms with Gasteiger partial charge in [-0.3, -0.25) is 9.69 Å². The lowest BCUT2D eigenvalue weighted by Crippen LogP contribution is -2.43. The fourth-order valence-electron chi connectivity index (χ4n) is 7.16. The average molecular weight is 596 g/mol. The molecule has 0 unspecified atom stereocenters. The SMILES string of the molecule is CCc1c(F)ccc2cc(O)cc(N3CCc4c(nc(OC[C@@]56CCCN5C[C@H](F)C6)nc4N(C)CCC(=O)OC)C3)c12. The molecule has 0 bridgehead atoms. The van der Waals surface area contributed by atoms with E-state index in [1.807, 2.05) is 18.9 Å².